The Morgan fingerprint density at radius 1 is 0.857 bits per heavy atom. The van der Waals surface area contributed by atoms with E-state index in [1.54, 1.807) is 0 Å². The quantitative estimate of drug-likeness (QED) is 0.747. The Morgan fingerprint density at radius 2 is 1.38 bits per heavy atom. The van der Waals surface area contributed by atoms with Gasteiger partial charge in [0.15, 0.2) is 0 Å². The lowest BCUT2D eigenvalue weighted by molar-refractivity contribution is 0.00962. The lowest BCUT2D eigenvalue weighted by atomic mass is 9.52. The van der Waals surface area contributed by atoms with Crippen LogP contribution in [0.25, 0.3) is 0 Å². The molecule has 1 nitrogen and oxygen atoms in total. The fraction of sp³-hybridized carbons (Fsp3) is 0.700. The largest absolute Gasteiger partial charge is 0.321 e. The van der Waals surface area contributed by atoms with Gasteiger partial charge in [0.1, 0.15) is 0 Å². The van der Waals surface area contributed by atoms with E-state index in [4.69, 9.17) is 5.73 Å². The molecule has 0 radical (unpaired) electrons. The van der Waals surface area contributed by atoms with Crippen molar-refractivity contribution in [2.45, 2.75) is 83.1 Å². The highest BCUT2D eigenvalue weighted by Gasteiger charge is 2.52. The van der Waals surface area contributed by atoms with Gasteiger partial charge in [-0.3, -0.25) is 0 Å². The standard InChI is InChI=1S/C20H31N/c1-18(2,3)16-8-10-17(11-9-16)20(21)14-19(15-20)12-6-4-5-7-13-19/h8-11H,4-7,12-15,21H2,1-3H3. The minimum absolute atomic E-state index is 0.0548. The Kier molecular flexibility index (Phi) is 3.68. The minimum Gasteiger partial charge on any atom is -0.321 e. The molecule has 116 valence electrons. The van der Waals surface area contributed by atoms with Crippen LogP contribution in [0.1, 0.15) is 83.3 Å². The zero-order valence-electron chi connectivity index (χ0n) is 14.0. The molecule has 0 heterocycles. The first-order valence-corrected chi connectivity index (χ1v) is 8.73. The number of hydrogen-bond acceptors (Lipinski definition) is 1. The van der Waals surface area contributed by atoms with Gasteiger partial charge in [-0.1, -0.05) is 70.7 Å². The van der Waals surface area contributed by atoms with Crippen molar-refractivity contribution in [1.82, 2.24) is 0 Å². The van der Waals surface area contributed by atoms with Crippen molar-refractivity contribution >= 4 is 0 Å². The van der Waals surface area contributed by atoms with Crippen LogP contribution in [0.2, 0.25) is 0 Å². The molecule has 0 amide bonds. The van der Waals surface area contributed by atoms with Crippen LogP contribution in [-0.2, 0) is 11.0 Å². The van der Waals surface area contributed by atoms with E-state index in [1.165, 1.54) is 62.5 Å². The molecule has 3 rings (SSSR count). The highest BCUT2D eigenvalue weighted by molar-refractivity contribution is 5.34. The molecule has 1 aromatic rings. The monoisotopic (exact) mass is 285 g/mol. The van der Waals surface area contributed by atoms with E-state index in [1.807, 2.05) is 0 Å². The van der Waals surface area contributed by atoms with Crippen LogP contribution in [0.4, 0.5) is 0 Å². The normalized spacial score (nSPS) is 24.4. The summed E-state index contributed by atoms with van der Waals surface area (Å²) in [6.07, 6.45) is 10.9. The van der Waals surface area contributed by atoms with Crippen molar-refractivity contribution < 1.29 is 0 Å². The van der Waals surface area contributed by atoms with Crippen LogP contribution in [0.3, 0.4) is 0 Å². The number of nitrogens with two attached hydrogens (primary N) is 1. The minimum atomic E-state index is -0.0548. The SMILES string of the molecule is CC(C)(C)c1ccc(C2(N)CC3(CCCCCC3)C2)cc1. The molecule has 21 heavy (non-hydrogen) atoms. The summed E-state index contributed by atoms with van der Waals surface area (Å²) in [6, 6.07) is 9.12. The molecule has 1 spiro atoms. The first kappa shape index (κ1) is 15.1. The molecular formula is C20H31N. The predicted molar refractivity (Wildman–Crippen MR) is 90.4 cm³/mol. The molecule has 0 aromatic heterocycles. The summed E-state index contributed by atoms with van der Waals surface area (Å²) in [5, 5.41) is 0. The van der Waals surface area contributed by atoms with E-state index in [0.29, 0.717) is 5.41 Å². The lowest BCUT2D eigenvalue weighted by Gasteiger charge is -2.55. The van der Waals surface area contributed by atoms with Crippen molar-refractivity contribution in [2.24, 2.45) is 11.1 Å². The van der Waals surface area contributed by atoms with Gasteiger partial charge in [-0.25, -0.2) is 0 Å². The smallest absolute Gasteiger partial charge is 0.0420 e. The lowest BCUT2D eigenvalue weighted by Crippen LogP contribution is -2.55. The van der Waals surface area contributed by atoms with E-state index in [0.717, 1.165) is 0 Å². The third-order valence-electron chi connectivity index (χ3n) is 5.87. The summed E-state index contributed by atoms with van der Waals surface area (Å²) >= 11 is 0. The zero-order valence-corrected chi connectivity index (χ0v) is 14.0. The number of benzene rings is 1. The molecule has 0 bridgehead atoms. The summed E-state index contributed by atoms with van der Waals surface area (Å²) in [7, 11) is 0. The van der Waals surface area contributed by atoms with Crippen molar-refractivity contribution in [3.8, 4) is 0 Å². The average molecular weight is 285 g/mol. The van der Waals surface area contributed by atoms with Crippen molar-refractivity contribution in [3.05, 3.63) is 35.4 Å². The second-order valence-corrected chi connectivity index (χ2v) is 8.75. The fourth-order valence-electron chi connectivity index (χ4n) is 4.62. The molecule has 0 saturated heterocycles. The molecule has 2 aliphatic rings. The molecule has 2 saturated carbocycles. The summed E-state index contributed by atoms with van der Waals surface area (Å²) in [5.41, 5.74) is 10.2. The Balaban J connectivity index is 1.73. The third kappa shape index (κ3) is 2.90. The van der Waals surface area contributed by atoms with Crippen LogP contribution < -0.4 is 5.73 Å². The van der Waals surface area contributed by atoms with Gasteiger partial charge in [-0.2, -0.15) is 0 Å². The van der Waals surface area contributed by atoms with Crippen molar-refractivity contribution in [2.75, 3.05) is 0 Å². The first-order chi connectivity index (χ1) is 9.83. The van der Waals surface area contributed by atoms with Crippen LogP contribution in [0.15, 0.2) is 24.3 Å². The summed E-state index contributed by atoms with van der Waals surface area (Å²) < 4.78 is 0. The van der Waals surface area contributed by atoms with Gasteiger partial charge in [0.05, 0.1) is 0 Å². The summed E-state index contributed by atoms with van der Waals surface area (Å²) in [6.45, 7) is 6.80. The van der Waals surface area contributed by atoms with Crippen LogP contribution >= 0.6 is 0 Å². The van der Waals surface area contributed by atoms with Gasteiger partial charge in [0.25, 0.3) is 0 Å². The van der Waals surface area contributed by atoms with E-state index in [2.05, 4.69) is 45.0 Å². The maximum Gasteiger partial charge on any atom is 0.0420 e. The average Bonchev–Trinajstić information content (AvgIpc) is 2.63. The fourth-order valence-corrected chi connectivity index (χ4v) is 4.62. The Hall–Kier alpha value is -0.820. The topological polar surface area (TPSA) is 26.0 Å². The predicted octanol–water partition coefficient (Wildman–Crippen LogP) is 5.27. The van der Waals surface area contributed by atoms with Crippen LogP contribution in [0.5, 0.6) is 0 Å². The maximum absolute atomic E-state index is 6.74. The van der Waals surface area contributed by atoms with Gasteiger partial charge in [-0.05, 0) is 47.6 Å². The number of hydrogen-bond donors (Lipinski definition) is 1. The molecule has 1 heteroatoms. The van der Waals surface area contributed by atoms with Gasteiger partial charge < -0.3 is 5.73 Å². The third-order valence-corrected chi connectivity index (χ3v) is 5.87. The second kappa shape index (κ2) is 5.12. The Morgan fingerprint density at radius 3 is 1.86 bits per heavy atom. The number of rotatable bonds is 1. The summed E-state index contributed by atoms with van der Waals surface area (Å²) in [4.78, 5) is 0. The first-order valence-electron chi connectivity index (χ1n) is 8.73. The highest BCUT2D eigenvalue weighted by atomic mass is 14.8. The van der Waals surface area contributed by atoms with Gasteiger partial charge >= 0.3 is 0 Å². The zero-order chi connectivity index (χ0) is 15.1. The van der Waals surface area contributed by atoms with Crippen LogP contribution in [-0.4, -0.2) is 0 Å². The Labute approximate surface area is 130 Å². The van der Waals surface area contributed by atoms with E-state index in [-0.39, 0.29) is 11.0 Å². The van der Waals surface area contributed by atoms with E-state index < -0.39 is 0 Å². The Bertz CT molecular complexity index is 476. The molecule has 0 atom stereocenters. The molecule has 1 aromatic carbocycles. The van der Waals surface area contributed by atoms with E-state index in [9.17, 15) is 0 Å². The molecule has 2 fully saturated rings. The van der Waals surface area contributed by atoms with Gasteiger partial charge in [-0.15, -0.1) is 0 Å². The molecule has 0 unspecified atom stereocenters. The molecule has 0 aliphatic heterocycles. The van der Waals surface area contributed by atoms with Gasteiger partial charge in [0, 0.05) is 5.54 Å². The van der Waals surface area contributed by atoms with E-state index >= 15 is 0 Å². The van der Waals surface area contributed by atoms with Gasteiger partial charge in [0.2, 0.25) is 0 Å². The van der Waals surface area contributed by atoms with Crippen LogP contribution in [0, 0.1) is 5.41 Å². The van der Waals surface area contributed by atoms with Crippen molar-refractivity contribution in [3.63, 3.8) is 0 Å². The molecule has 2 aliphatic carbocycles. The second-order valence-electron chi connectivity index (χ2n) is 8.75. The summed E-state index contributed by atoms with van der Waals surface area (Å²) in [5.74, 6) is 0. The maximum atomic E-state index is 6.74. The molecule has 2 N–H and O–H groups in total. The highest BCUT2D eigenvalue weighted by Crippen LogP contribution is 2.58. The molecular weight excluding hydrogens is 254 g/mol. The van der Waals surface area contributed by atoms with Crippen molar-refractivity contribution in [1.29, 1.82) is 0 Å².